The molecule has 10 heteroatoms. The van der Waals surface area contributed by atoms with Gasteiger partial charge in [0.25, 0.3) is 5.91 Å². The molecule has 2 aliphatic rings. The van der Waals surface area contributed by atoms with Gasteiger partial charge in [0.15, 0.2) is 0 Å². The molecule has 0 atom stereocenters. The van der Waals surface area contributed by atoms with Crippen molar-refractivity contribution >= 4 is 28.6 Å². The second-order valence-corrected chi connectivity index (χ2v) is 9.76. The van der Waals surface area contributed by atoms with Crippen LogP contribution in [0.1, 0.15) is 45.6 Å². The predicted molar refractivity (Wildman–Crippen MR) is 133 cm³/mol. The van der Waals surface area contributed by atoms with E-state index in [4.69, 9.17) is 4.98 Å². The summed E-state index contributed by atoms with van der Waals surface area (Å²) in [6, 6.07) is 9.39. The number of rotatable bonds is 4. The summed E-state index contributed by atoms with van der Waals surface area (Å²) < 4.78 is 14.5. The Kier molecular flexibility index (Phi) is 5.60. The number of aryl methyl sites for hydroxylation is 2. The molecule has 1 amide bonds. The highest BCUT2D eigenvalue weighted by Gasteiger charge is 2.32. The minimum absolute atomic E-state index is 0.0553. The van der Waals surface area contributed by atoms with Crippen LogP contribution in [-0.4, -0.2) is 60.2 Å². The molecular weight excluding hydrogens is 459 g/mol. The summed E-state index contributed by atoms with van der Waals surface area (Å²) in [6.07, 6.45) is 3.57. The second kappa shape index (κ2) is 8.94. The number of fused-ring (bicyclic) bond motifs is 2. The minimum atomic E-state index is -0.567. The zero-order valence-corrected chi connectivity index (χ0v) is 20.3. The molecule has 36 heavy (non-hydrogen) atoms. The average molecular weight is 487 g/mol. The molecule has 6 rings (SSSR count). The standard InChI is InChI=1S/C26H27FN8O/c1-15-7-16(2)9-18(8-15)29-26-28-12-17-13-35(14-24(17)30-26)19-3-5-34(6-4-19)25(36)20-10-22-23(11-21(20)27)32-33-31-22/h7-12,19H,3-6,13-14H2,1-2H3,(H,28,29,30)(H,31,32,33). The van der Waals surface area contributed by atoms with Crippen molar-refractivity contribution in [2.24, 2.45) is 0 Å². The lowest BCUT2D eigenvalue weighted by Gasteiger charge is -2.36. The molecule has 0 spiro atoms. The molecule has 0 bridgehead atoms. The van der Waals surface area contributed by atoms with Crippen molar-refractivity contribution in [3.05, 3.63) is 70.3 Å². The van der Waals surface area contributed by atoms with Crippen LogP contribution in [-0.2, 0) is 13.1 Å². The number of likely N-dealkylation sites (tertiary alicyclic amines) is 1. The minimum Gasteiger partial charge on any atom is -0.338 e. The van der Waals surface area contributed by atoms with E-state index in [1.807, 2.05) is 6.20 Å². The first-order valence-corrected chi connectivity index (χ1v) is 12.2. The molecule has 2 aromatic carbocycles. The molecule has 1 fully saturated rings. The third kappa shape index (κ3) is 4.28. The Labute approximate surface area is 207 Å². The van der Waals surface area contributed by atoms with Crippen LogP contribution in [0.25, 0.3) is 11.0 Å². The van der Waals surface area contributed by atoms with Crippen molar-refractivity contribution in [2.45, 2.75) is 45.8 Å². The Hall–Kier alpha value is -3.92. The number of hydrogen-bond donors (Lipinski definition) is 2. The van der Waals surface area contributed by atoms with Crippen molar-refractivity contribution in [2.75, 3.05) is 18.4 Å². The number of aromatic amines is 1. The van der Waals surface area contributed by atoms with Gasteiger partial charge in [0.05, 0.1) is 16.8 Å². The maximum Gasteiger partial charge on any atom is 0.256 e. The zero-order valence-electron chi connectivity index (χ0n) is 20.3. The smallest absolute Gasteiger partial charge is 0.256 e. The van der Waals surface area contributed by atoms with Crippen LogP contribution < -0.4 is 5.32 Å². The van der Waals surface area contributed by atoms with E-state index in [1.165, 1.54) is 23.3 Å². The third-order valence-corrected chi connectivity index (χ3v) is 7.07. The monoisotopic (exact) mass is 486 g/mol. The summed E-state index contributed by atoms with van der Waals surface area (Å²) in [5.41, 5.74) is 6.57. The van der Waals surface area contributed by atoms with Crippen molar-refractivity contribution in [3.63, 3.8) is 0 Å². The summed E-state index contributed by atoms with van der Waals surface area (Å²) in [4.78, 5) is 26.5. The lowest BCUT2D eigenvalue weighted by molar-refractivity contribution is 0.0609. The van der Waals surface area contributed by atoms with Gasteiger partial charge >= 0.3 is 0 Å². The fourth-order valence-electron chi connectivity index (χ4n) is 5.31. The van der Waals surface area contributed by atoms with Crippen molar-refractivity contribution in [1.29, 1.82) is 0 Å². The van der Waals surface area contributed by atoms with E-state index in [1.54, 1.807) is 4.90 Å². The van der Waals surface area contributed by atoms with Gasteiger partial charge in [-0.1, -0.05) is 11.3 Å². The van der Waals surface area contributed by atoms with Crippen LogP contribution in [0.3, 0.4) is 0 Å². The molecule has 4 heterocycles. The number of carbonyl (C=O) groups is 1. The van der Waals surface area contributed by atoms with E-state index in [0.29, 0.717) is 36.1 Å². The molecule has 0 aliphatic carbocycles. The third-order valence-electron chi connectivity index (χ3n) is 7.07. The number of piperidine rings is 1. The maximum atomic E-state index is 14.5. The fourth-order valence-corrected chi connectivity index (χ4v) is 5.31. The summed E-state index contributed by atoms with van der Waals surface area (Å²) >= 11 is 0. The summed E-state index contributed by atoms with van der Waals surface area (Å²) in [5, 5.41) is 13.5. The van der Waals surface area contributed by atoms with Gasteiger partial charge in [0.1, 0.15) is 11.3 Å². The van der Waals surface area contributed by atoms with E-state index in [2.05, 4.69) is 62.7 Å². The van der Waals surface area contributed by atoms with Gasteiger partial charge in [-0.25, -0.2) is 14.4 Å². The quantitative estimate of drug-likeness (QED) is 0.451. The van der Waals surface area contributed by atoms with Crippen LogP contribution in [0, 0.1) is 19.7 Å². The highest BCUT2D eigenvalue weighted by atomic mass is 19.1. The van der Waals surface area contributed by atoms with Crippen molar-refractivity contribution in [1.82, 2.24) is 35.2 Å². The lowest BCUT2D eigenvalue weighted by Crippen LogP contribution is -2.45. The predicted octanol–water partition coefficient (Wildman–Crippen LogP) is 3.87. The van der Waals surface area contributed by atoms with Crippen LogP contribution in [0.4, 0.5) is 16.0 Å². The van der Waals surface area contributed by atoms with Gasteiger partial charge in [0.2, 0.25) is 5.95 Å². The number of benzene rings is 2. The maximum absolute atomic E-state index is 14.5. The molecule has 0 saturated carbocycles. The first-order valence-electron chi connectivity index (χ1n) is 12.2. The van der Waals surface area contributed by atoms with E-state index in [9.17, 15) is 9.18 Å². The van der Waals surface area contributed by atoms with E-state index in [0.717, 1.165) is 42.9 Å². The molecule has 9 nitrogen and oxygen atoms in total. The molecule has 2 aliphatic heterocycles. The van der Waals surface area contributed by atoms with E-state index >= 15 is 0 Å². The number of hydrogen-bond acceptors (Lipinski definition) is 7. The lowest BCUT2D eigenvalue weighted by atomic mass is 10.0. The topological polar surface area (TPSA) is 103 Å². The summed E-state index contributed by atoms with van der Waals surface area (Å²) in [5.74, 6) is -0.255. The largest absolute Gasteiger partial charge is 0.338 e. The van der Waals surface area contributed by atoms with Crippen LogP contribution in [0.2, 0.25) is 0 Å². The molecule has 184 valence electrons. The average Bonchev–Trinajstić information content (AvgIpc) is 3.48. The van der Waals surface area contributed by atoms with Crippen LogP contribution in [0.5, 0.6) is 0 Å². The van der Waals surface area contributed by atoms with Gasteiger partial charge < -0.3 is 10.2 Å². The number of aromatic nitrogens is 5. The van der Waals surface area contributed by atoms with E-state index in [-0.39, 0.29) is 11.5 Å². The van der Waals surface area contributed by atoms with Gasteiger partial charge in [-0.2, -0.15) is 0 Å². The Morgan fingerprint density at radius 1 is 1.08 bits per heavy atom. The highest BCUT2D eigenvalue weighted by Crippen LogP contribution is 2.29. The Morgan fingerprint density at radius 3 is 2.64 bits per heavy atom. The Balaban J connectivity index is 1.09. The Bertz CT molecular complexity index is 1440. The molecule has 0 unspecified atom stereocenters. The molecule has 2 N–H and O–H groups in total. The van der Waals surface area contributed by atoms with Gasteiger partial charge in [-0.05, 0) is 56.0 Å². The molecular formula is C26H27FN8O. The number of anilines is 2. The molecule has 4 aromatic rings. The van der Waals surface area contributed by atoms with Crippen molar-refractivity contribution in [3.8, 4) is 0 Å². The highest BCUT2D eigenvalue weighted by molar-refractivity contribution is 5.97. The normalized spacial score (nSPS) is 16.5. The molecule has 2 aromatic heterocycles. The molecule has 1 saturated heterocycles. The van der Waals surface area contributed by atoms with Gasteiger partial charge in [0, 0.05) is 55.7 Å². The summed E-state index contributed by atoms with van der Waals surface area (Å²) in [6.45, 7) is 6.88. The fraction of sp³-hybridized carbons (Fsp3) is 0.346. The SMILES string of the molecule is Cc1cc(C)cc(Nc2ncc3c(n2)CN(C2CCN(C(=O)c4cc5[nH]nnc5cc4F)CC2)C3)c1. The number of nitrogens with zero attached hydrogens (tertiary/aromatic N) is 6. The number of nitrogens with one attached hydrogen (secondary N) is 2. The number of amides is 1. The first-order chi connectivity index (χ1) is 17.4. The number of halogens is 1. The van der Waals surface area contributed by atoms with Crippen LogP contribution in [0.15, 0.2) is 36.5 Å². The zero-order chi connectivity index (χ0) is 24.8. The first kappa shape index (κ1) is 22.5. The van der Waals surface area contributed by atoms with Gasteiger partial charge in [-0.15, -0.1) is 5.10 Å². The summed E-state index contributed by atoms with van der Waals surface area (Å²) in [7, 11) is 0. The van der Waals surface area contributed by atoms with E-state index < -0.39 is 5.82 Å². The van der Waals surface area contributed by atoms with Crippen molar-refractivity contribution < 1.29 is 9.18 Å². The molecule has 0 radical (unpaired) electrons. The Morgan fingerprint density at radius 2 is 1.86 bits per heavy atom. The number of H-pyrrole nitrogens is 1. The second-order valence-electron chi connectivity index (χ2n) is 9.76. The number of carbonyl (C=O) groups excluding carboxylic acids is 1. The van der Waals surface area contributed by atoms with Crippen LogP contribution >= 0.6 is 0 Å². The van der Waals surface area contributed by atoms with Gasteiger partial charge in [-0.3, -0.25) is 14.8 Å².